The minimum atomic E-state index is -0.862. The zero-order chi connectivity index (χ0) is 14.4. The standard InChI is InChI=1S/C14H14ClNO4/c15-14(18)20-13-6-7-16(12(8-13)9-17)19-10-11-4-2-1-3-5-11/h1-5,13H,6-8,10H2. The first-order valence-corrected chi connectivity index (χ1v) is 6.61. The molecule has 1 heterocycles. The number of nitrogens with zero attached hydrogens (tertiary/aromatic N) is 1. The Morgan fingerprint density at radius 2 is 2.15 bits per heavy atom. The summed E-state index contributed by atoms with van der Waals surface area (Å²) in [5.41, 5.74) is 0.473. The van der Waals surface area contributed by atoms with Crippen LogP contribution in [0.4, 0.5) is 4.79 Å². The molecule has 0 amide bonds. The highest BCUT2D eigenvalue weighted by Crippen LogP contribution is 2.23. The van der Waals surface area contributed by atoms with Crippen LogP contribution in [0.5, 0.6) is 0 Å². The van der Waals surface area contributed by atoms with E-state index in [0.717, 1.165) is 5.56 Å². The largest absolute Gasteiger partial charge is 0.450 e. The van der Waals surface area contributed by atoms with Gasteiger partial charge in [0, 0.05) is 31.0 Å². The first-order chi connectivity index (χ1) is 9.69. The summed E-state index contributed by atoms with van der Waals surface area (Å²) in [7, 11) is 0. The Morgan fingerprint density at radius 1 is 1.40 bits per heavy atom. The fourth-order valence-electron chi connectivity index (χ4n) is 2.01. The van der Waals surface area contributed by atoms with E-state index in [4.69, 9.17) is 21.2 Å². The van der Waals surface area contributed by atoms with Gasteiger partial charge in [-0.05, 0) is 5.56 Å². The Balaban J connectivity index is 1.90. The van der Waals surface area contributed by atoms with E-state index in [9.17, 15) is 9.59 Å². The maximum Gasteiger partial charge on any atom is 0.404 e. The van der Waals surface area contributed by atoms with Gasteiger partial charge in [0.1, 0.15) is 17.7 Å². The Kier molecular flexibility index (Phi) is 5.18. The summed E-state index contributed by atoms with van der Waals surface area (Å²) in [5, 5.41) is 1.50. The fraction of sp³-hybridized carbons (Fsp3) is 0.357. The number of carbonyl (C=O) groups excluding carboxylic acids is 2. The fourth-order valence-corrected chi connectivity index (χ4v) is 2.14. The smallest absolute Gasteiger partial charge is 0.404 e. The van der Waals surface area contributed by atoms with Crippen LogP contribution in [-0.4, -0.2) is 29.1 Å². The van der Waals surface area contributed by atoms with Crippen LogP contribution in [-0.2, 0) is 21.0 Å². The van der Waals surface area contributed by atoms with Crippen molar-refractivity contribution >= 4 is 23.0 Å². The van der Waals surface area contributed by atoms with E-state index in [1.807, 2.05) is 36.3 Å². The average Bonchev–Trinajstić information content (AvgIpc) is 2.46. The molecule has 0 aromatic heterocycles. The van der Waals surface area contributed by atoms with Crippen LogP contribution in [0.15, 0.2) is 36.0 Å². The van der Waals surface area contributed by atoms with Crippen molar-refractivity contribution in [2.45, 2.75) is 25.6 Å². The predicted molar refractivity (Wildman–Crippen MR) is 72.5 cm³/mol. The van der Waals surface area contributed by atoms with E-state index in [2.05, 4.69) is 0 Å². The SMILES string of the molecule is O=C=C1CC(OC(=O)Cl)CCN1OCc1ccccc1. The van der Waals surface area contributed by atoms with E-state index >= 15 is 0 Å². The van der Waals surface area contributed by atoms with Crippen molar-refractivity contribution in [3.63, 3.8) is 0 Å². The van der Waals surface area contributed by atoms with Crippen molar-refractivity contribution in [3.05, 3.63) is 41.6 Å². The molecule has 0 spiro atoms. The quantitative estimate of drug-likeness (QED) is 0.631. The van der Waals surface area contributed by atoms with Gasteiger partial charge in [0.2, 0.25) is 0 Å². The van der Waals surface area contributed by atoms with E-state index in [1.165, 1.54) is 5.06 Å². The molecule has 20 heavy (non-hydrogen) atoms. The van der Waals surface area contributed by atoms with Gasteiger partial charge in [0.05, 0.1) is 6.61 Å². The van der Waals surface area contributed by atoms with Crippen molar-refractivity contribution in [1.82, 2.24) is 5.06 Å². The van der Waals surface area contributed by atoms with Gasteiger partial charge < -0.3 is 4.74 Å². The molecule has 1 unspecified atom stereocenters. The molecule has 1 aromatic carbocycles. The second kappa shape index (κ2) is 7.10. The van der Waals surface area contributed by atoms with E-state index in [-0.39, 0.29) is 6.42 Å². The predicted octanol–water partition coefficient (Wildman–Crippen LogP) is 2.67. The first kappa shape index (κ1) is 14.6. The number of rotatable bonds is 4. The van der Waals surface area contributed by atoms with Gasteiger partial charge in [-0.3, -0.25) is 4.84 Å². The normalized spacial score (nSPS) is 18.6. The summed E-state index contributed by atoms with van der Waals surface area (Å²) in [6, 6.07) is 9.63. The summed E-state index contributed by atoms with van der Waals surface area (Å²) < 4.78 is 4.88. The molecule has 0 bridgehead atoms. The molecule has 0 aliphatic carbocycles. The Hall–Kier alpha value is -1.81. The number of hydrogen-bond donors (Lipinski definition) is 0. The maximum atomic E-state index is 11.0. The Bertz CT molecular complexity index is 513. The third kappa shape index (κ3) is 4.10. The minimum absolute atomic E-state index is 0.261. The van der Waals surface area contributed by atoms with Crippen LogP contribution in [0.2, 0.25) is 0 Å². The average molecular weight is 296 g/mol. The lowest BCUT2D eigenvalue weighted by atomic mass is 10.1. The van der Waals surface area contributed by atoms with Gasteiger partial charge in [-0.2, -0.15) is 0 Å². The Morgan fingerprint density at radius 3 is 2.80 bits per heavy atom. The summed E-state index contributed by atoms with van der Waals surface area (Å²) in [6.07, 6.45) is 0.419. The highest BCUT2D eigenvalue weighted by molar-refractivity contribution is 6.61. The minimum Gasteiger partial charge on any atom is -0.450 e. The lowest BCUT2D eigenvalue weighted by molar-refractivity contribution is -0.159. The van der Waals surface area contributed by atoms with Gasteiger partial charge in [-0.1, -0.05) is 30.3 Å². The Labute approximate surface area is 121 Å². The topological polar surface area (TPSA) is 55.8 Å². The molecule has 0 saturated carbocycles. The van der Waals surface area contributed by atoms with Crippen molar-refractivity contribution in [2.24, 2.45) is 0 Å². The number of ether oxygens (including phenoxy) is 1. The molecule has 1 atom stereocenters. The van der Waals surface area contributed by atoms with Gasteiger partial charge >= 0.3 is 5.43 Å². The third-order valence-electron chi connectivity index (χ3n) is 2.98. The van der Waals surface area contributed by atoms with E-state index in [0.29, 0.717) is 25.3 Å². The lowest BCUT2D eigenvalue weighted by Crippen LogP contribution is -2.36. The summed E-state index contributed by atoms with van der Waals surface area (Å²) in [5.74, 6) is 1.83. The molecular weight excluding hydrogens is 282 g/mol. The maximum absolute atomic E-state index is 11.0. The van der Waals surface area contributed by atoms with E-state index in [1.54, 1.807) is 0 Å². The van der Waals surface area contributed by atoms with Crippen LogP contribution >= 0.6 is 11.6 Å². The van der Waals surface area contributed by atoms with Crippen LogP contribution in [0.1, 0.15) is 18.4 Å². The van der Waals surface area contributed by atoms with Crippen LogP contribution in [0.3, 0.4) is 0 Å². The molecule has 1 aliphatic heterocycles. The number of hydroxylamine groups is 2. The van der Waals surface area contributed by atoms with Gasteiger partial charge in [-0.15, -0.1) is 0 Å². The molecule has 1 aromatic rings. The summed E-state index contributed by atoms with van der Waals surface area (Å²) in [4.78, 5) is 27.2. The summed E-state index contributed by atoms with van der Waals surface area (Å²) in [6.45, 7) is 0.818. The molecule has 6 heteroatoms. The van der Waals surface area contributed by atoms with Crippen molar-refractivity contribution in [2.75, 3.05) is 6.54 Å². The zero-order valence-corrected chi connectivity index (χ0v) is 11.5. The second-order valence-corrected chi connectivity index (χ2v) is 4.69. The molecule has 0 radical (unpaired) electrons. The molecular formula is C14H14ClNO4. The molecule has 1 saturated heterocycles. The number of carbonyl (C=O) groups is 1. The molecule has 106 valence electrons. The van der Waals surface area contributed by atoms with Crippen molar-refractivity contribution in [1.29, 1.82) is 0 Å². The molecule has 5 nitrogen and oxygen atoms in total. The number of piperidine rings is 1. The van der Waals surface area contributed by atoms with Crippen LogP contribution < -0.4 is 0 Å². The number of halogens is 1. The molecule has 1 fully saturated rings. The van der Waals surface area contributed by atoms with Gasteiger partial charge in [0.15, 0.2) is 0 Å². The van der Waals surface area contributed by atoms with Gasteiger partial charge in [0.25, 0.3) is 0 Å². The second-order valence-electron chi connectivity index (χ2n) is 4.38. The van der Waals surface area contributed by atoms with Gasteiger partial charge in [-0.25, -0.2) is 14.7 Å². The third-order valence-corrected chi connectivity index (χ3v) is 3.07. The van der Waals surface area contributed by atoms with E-state index < -0.39 is 11.5 Å². The highest BCUT2D eigenvalue weighted by Gasteiger charge is 2.27. The number of benzene rings is 1. The van der Waals surface area contributed by atoms with Crippen LogP contribution in [0.25, 0.3) is 0 Å². The molecule has 0 N–H and O–H groups in total. The van der Waals surface area contributed by atoms with Crippen molar-refractivity contribution < 1.29 is 19.2 Å². The monoisotopic (exact) mass is 295 g/mol. The zero-order valence-electron chi connectivity index (χ0n) is 10.8. The first-order valence-electron chi connectivity index (χ1n) is 6.23. The number of hydrogen-bond acceptors (Lipinski definition) is 5. The molecule has 2 rings (SSSR count). The highest BCUT2D eigenvalue weighted by atomic mass is 35.5. The molecule has 1 aliphatic rings. The van der Waals surface area contributed by atoms with Crippen LogP contribution in [0, 0.1) is 0 Å². The summed E-state index contributed by atoms with van der Waals surface area (Å²) >= 11 is 5.17. The van der Waals surface area contributed by atoms with Crippen molar-refractivity contribution in [3.8, 4) is 0 Å². The lowest BCUT2D eigenvalue weighted by Gasteiger charge is -2.32.